The predicted molar refractivity (Wildman–Crippen MR) is 116 cm³/mol. The van der Waals surface area contributed by atoms with Gasteiger partial charge >= 0.3 is 0 Å². The fourth-order valence-electron chi connectivity index (χ4n) is 4.14. The van der Waals surface area contributed by atoms with Crippen molar-refractivity contribution in [1.82, 2.24) is 14.9 Å². The third-order valence-corrected chi connectivity index (χ3v) is 6.78. The highest BCUT2D eigenvalue weighted by atomic mass is 32.1. The van der Waals surface area contributed by atoms with Crippen LogP contribution < -0.4 is 4.74 Å². The monoisotopic (exact) mass is 407 g/mol. The van der Waals surface area contributed by atoms with Crippen molar-refractivity contribution < 1.29 is 9.47 Å². The number of nitrogens with zero attached hydrogens (tertiary/aromatic N) is 3. The molecule has 3 aromatic rings. The summed E-state index contributed by atoms with van der Waals surface area (Å²) in [5, 5.41) is 1.11. The summed E-state index contributed by atoms with van der Waals surface area (Å²) in [6.07, 6.45) is 6.11. The van der Waals surface area contributed by atoms with Crippen LogP contribution in [0.25, 0.3) is 10.2 Å². The summed E-state index contributed by atoms with van der Waals surface area (Å²) in [4.78, 5) is 14.7. The normalized spacial score (nSPS) is 16.8. The first-order valence-electron chi connectivity index (χ1n) is 10.3. The zero-order valence-corrected chi connectivity index (χ0v) is 17.3. The van der Waals surface area contributed by atoms with E-state index in [1.54, 1.807) is 0 Å². The Morgan fingerprint density at radius 1 is 1.17 bits per heavy atom. The Labute approximate surface area is 175 Å². The number of ether oxygens (including phenoxy) is 2. The topological polar surface area (TPSA) is 47.5 Å². The minimum Gasteiger partial charge on any atom is -0.438 e. The molecule has 0 unspecified atom stereocenters. The Balaban J connectivity index is 1.55. The van der Waals surface area contributed by atoms with E-state index >= 15 is 0 Å². The third kappa shape index (κ3) is 3.80. The van der Waals surface area contributed by atoms with E-state index in [2.05, 4.69) is 17.5 Å². The summed E-state index contributed by atoms with van der Waals surface area (Å²) in [6, 6.07) is 8.14. The van der Waals surface area contributed by atoms with Crippen LogP contribution in [0, 0.1) is 0 Å². The molecule has 1 aromatic carbocycles. The molecule has 0 amide bonds. The molecule has 0 bridgehead atoms. The number of aromatic nitrogens is 2. The molecular weight excluding hydrogens is 382 g/mol. The van der Waals surface area contributed by atoms with E-state index in [0.29, 0.717) is 5.88 Å². The second kappa shape index (κ2) is 8.22. The van der Waals surface area contributed by atoms with Crippen LogP contribution >= 0.6 is 11.3 Å². The van der Waals surface area contributed by atoms with Crippen LogP contribution in [-0.2, 0) is 30.5 Å². The van der Waals surface area contributed by atoms with Gasteiger partial charge in [-0.25, -0.2) is 4.98 Å². The highest BCUT2D eigenvalue weighted by molar-refractivity contribution is 7.19. The smallest absolute Gasteiger partial charge is 0.231 e. The van der Waals surface area contributed by atoms with Gasteiger partial charge in [-0.2, -0.15) is 4.98 Å². The van der Waals surface area contributed by atoms with Crippen LogP contribution in [-0.4, -0.2) is 41.2 Å². The van der Waals surface area contributed by atoms with Gasteiger partial charge in [0.25, 0.3) is 0 Å². The van der Waals surface area contributed by atoms with Crippen LogP contribution in [0.2, 0.25) is 0 Å². The summed E-state index contributed by atoms with van der Waals surface area (Å²) in [5.74, 6) is 2.38. The first kappa shape index (κ1) is 18.7. The maximum Gasteiger partial charge on any atom is 0.231 e. The average Bonchev–Trinajstić information content (AvgIpc) is 3.31. The van der Waals surface area contributed by atoms with Gasteiger partial charge in [0.1, 0.15) is 16.4 Å². The van der Waals surface area contributed by atoms with Gasteiger partial charge in [0.2, 0.25) is 5.88 Å². The fourth-order valence-corrected chi connectivity index (χ4v) is 5.41. The standard InChI is InChI=1S/C23H25N3O2S/c1-2-6-16-7-3-4-9-18(16)28-22-21-17-8-5-10-19(17)29-23(21)25-20(24-22)15-26-11-13-27-14-12-26/h2-4,7,9H,1,5-6,8,10-15H2. The molecule has 1 aliphatic heterocycles. The molecule has 3 heterocycles. The van der Waals surface area contributed by atoms with Gasteiger partial charge < -0.3 is 9.47 Å². The maximum absolute atomic E-state index is 6.45. The largest absolute Gasteiger partial charge is 0.438 e. The van der Waals surface area contributed by atoms with E-state index in [1.165, 1.54) is 16.9 Å². The Kier molecular flexibility index (Phi) is 5.31. The lowest BCUT2D eigenvalue weighted by Gasteiger charge is -2.25. The zero-order chi connectivity index (χ0) is 19.6. The van der Waals surface area contributed by atoms with Crippen molar-refractivity contribution in [2.45, 2.75) is 32.2 Å². The first-order chi connectivity index (χ1) is 14.3. The second-order valence-corrected chi connectivity index (χ2v) is 8.66. The van der Waals surface area contributed by atoms with Crippen LogP contribution in [0.15, 0.2) is 36.9 Å². The molecule has 1 saturated heterocycles. The van der Waals surface area contributed by atoms with Gasteiger partial charge in [0, 0.05) is 18.0 Å². The number of fused-ring (bicyclic) bond motifs is 3. The van der Waals surface area contributed by atoms with Gasteiger partial charge in [-0.05, 0) is 42.9 Å². The Morgan fingerprint density at radius 2 is 2.03 bits per heavy atom. The molecule has 5 nitrogen and oxygen atoms in total. The molecule has 29 heavy (non-hydrogen) atoms. The van der Waals surface area contributed by atoms with Gasteiger partial charge in [0.15, 0.2) is 0 Å². The van der Waals surface area contributed by atoms with Gasteiger partial charge in [-0.15, -0.1) is 17.9 Å². The number of allylic oxidation sites excluding steroid dienone is 1. The minimum absolute atomic E-state index is 0.703. The fraction of sp³-hybridized carbons (Fsp3) is 0.391. The number of benzene rings is 1. The molecule has 6 heteroatoms. The number of hydrogen-bond acceptors (Lipinski definition) is 6. The zero-order valence-electron chi connectivity index (χ0n) is 16.5. The van der Waals surface area contributed by atoms with E-state index in [-0.39, 0.29) is 0 Å². The number of para-hydroxylation sites is 1. The van der Waals surface area contributed by atoms with Crippen LogP contribution in [0.3, 0.4) is 0 Å². The molecule has 5 rings (SSSR count). The first-order valence-corrected chi connectivity index (χ1v) is 11.1. The van der Waals surface area contributed by atoms with Crippen molar-refractivity contribution in [3.63, 3.8) is 0 Å². The van der Waals surface area contributed by atoms with Crippen molar-refractivity contribution in [3.8, 4) is 11.6 Å². The lowest BCUT2D eigenvalue weighted by Crippen LogP contribution is -2.36. The molecule has 0 radical (unpaired) electrons. The molecule has 0 atom stereocenters. The summed E-state index contributed by atoms with van der Waals surface area (Å²) in [7, 11) is 0. The number of morpholine rings is 1. The second-order valence-electron chi connectivity index (χ2n) is 7.57. The van der Waals surface area contributed by atoms with Crippen LogP contribution in [0.1, 0.15) is 28.2 Å². The maximum atomic E-state index is 6.45. The van der Waals surface area contributed by atoms with E-state index in [9.17, 15) is 0 Å². The highest BCUT2D eigenvalue weighted by Gasteiger charge is 2.24. The number of aryl methyl sites for hydroxylation is 2. The average molecular weight is 408 g/mol. The van der Waals surface area contributed by atoms with Gasteiger partial charge in [-0.3, -0.25) is 4.90 Å². The Hall–Kier alpha value is -2.28. The number of thiophene rings is 1. The predicted octanol–water partition coefficient (Wildman–Crippen LogP) is 4.53. The van der Waals surface area contributed by atoms with Crippen LogP contribution in [0.4, 0.5) is 0 Å². The van der Waals surface area contributed by atoms with Gasteiger partial charge in [0.05, 0.1) is 25.1 Å². The van der Waals surface area contributed by atoms with E-state index < -0.39 is 0 Å². The summed E-state index contributed by atoms with van der Waals surface area (Å²) < 4.78 is 11.9. The summed E-state index contributed by atoms with van der Waals surface area (Å²) >= 11 is 1.81. The van der Waals surface area contributed by atoms with Crippen molar-refractivity contribution in [2.24, 2.45) is 0 Å². The van der Waals surface area contributed by atoms with E-state index in [0.717, 1.165) is 79.5 Å². The number of rotatable bonds is 6. The molecule has 150 valence electrons. The van der Waals surface area contributed by atoms with E-state index in [4.69, 9.17) is 19.4 Å². The number of hydrogen-bond donors (Lipinski definition) is 0. The quantitative estimate of drug-likeness (QED) is 0.562. The van der Waals surface area contributed by atoms with Gasteiger partial charge in [-0.1, -0.05) is 24.3 Å². The molecule has 0 spiro atoms. The molecule has 1 fully saturated rings. The van der Waals surface area contributed by atoms with Crippen LogP contribution in [0.5, 0.6) is 11.6 Å². The Morgan fingerprint density at radius 3 is 2.90 bits per heavy atom. The third-order valence-electron chi connectivity index (χ3n) is 5.59. The molecular formula is C23H25N3O2S. The van der Waals surface area contributed by atoms with Crippen molar-refractivity contribution >= 4 is 21.6 Å². The molecule has 0 saturated carbocycles. The molecule has 2 aliphatic rings. The summed E-state index contributed by atoms with van der Waals surface area (Å²) in [5.41, 5.74) is 2.51. The van der Waals surface area contributed by atoms with Crippen molar-refractivity contribution in [2.75, 3.05) is 26.3 Å². The highest BCUT2D eigenvalue weighted by Crippen LogP contribution is 2.42. The molecule has 2 aromatic heterocycles. The SMILES string of the molecule is C=CCc1ccccc1Oc1nc(CN2CCOCC2)nc2sc3c(c12)CCC3. The Bertz CT molecular complexity index is 1040. The summed E-state index contributed by atoms with van der Waals surface area (Å²) in [6.45, 7) is 7.98. The van der Waals surface area contributed by atoms with E-state index in [1.807, 2.05) is 35.6 Å². The van der Waals surface area contributed by atoms with Crippen molar-refractivity contribution in [3.05, 3.63) is 58.7 Å². The lowest BCUT2D eigenvalue weighted by atomic mass is 10.1. The molecule has 1 aliphatic carbocycles. The van der Waals surface area contributed by atoms with Crippen molar-refractivity contribution in [1.29, 1.82) is 0 Å². The lowest BCUT2D eigenvalue weighted by molar-refractivity contribution is 0.0330. The molecule has 0 N–H and O–H groups in total. The minimum atomic E-state index is 0.703.